The van der Waals surface area contributed by atoms with Crippen LogP contribution in [0.25, 0.3) is 16.4 Å². The van der Waals surface area contributed by atoms with Crippen molar-refractivity contribution in [1.82, 2.24) is 14.8 Å². The van der Waals surface area contributed by atoms with E-state index in [1.165, 1.54) is 34.2 Å². The molecule has 0 fully saturated rings. The highest BCUT2D eigenvalue weighted by molar-refractivity contribution is 7.12. The average molecular weight is 435 g/mol. The van der Waals surface area contributed by atoms with E-state index in [4.69, 9.17) is 4.74 Å². The molecule has 0 unspecified atom stereocenters. The number of hydrogen-bond donors (Lipinski definition) is 1. The maximum atomic E-state index is 12.7. The van der Waals surface area contributed by atoms with Gasteiger partial charge in [-0.15, -0.1) is 11.3 Å². The Morgan fingerprint density at radius 3 is 2.65 bits per heavy atom. The Morgan fingerprint density at radius 2 is 1.94 bits per heavy atom. The number of benzene rings is 2. The highest BCUT2D eigenvalue weighted by atomic mass is 32.1. The van der Waals surface area contributed by atoms with Crippen LogP contribution in [0.4, 0.5) is 11.5 Å². The van der Waals surface area contributed by atoms with Gasteiger partial charge in [0.15, 0.2) is 0 Å². The number of nitrogens with zero attached hydrogens (tertiary/aromatic N) is 4. The van der Waals surface area contributed by atoms with E-state index in [0.717, 1.165) is 17.0 Å². The van der Waals surface area contributed by atoms with Crippen LogP contribution in [0, 0.1) is 17.0 Å². The Labute approximate surface area is 181 Å². The number of amides is 1. The third-order valence-electron chi connectivity index (χ3n) is 4.48. The molecule has 0 bridgehead atoms. The second kappa shape index (κ2) is 8.36. The molecule has 0 aliphatic carbocycles. The molecule has 10 heteroatoms. The molecule has 156 valence electrons. The van der Waals surface area contributed by atoms with Crippen LogP contribution < -0.4 is 10.1 Å². The minimum atomic E-state index is -0.597. The number of carbonyl (C=O) groups is 1. The topological polar surface area (TPSA) is 112 Å². The van der Waals surface area contributed by atoms with Crippen molar-refractivity contribution < 1.29 is 14.5 Å². The van der Waals surface area contributed by atoms with Gasteiger partial charge in [0.25, 0.3) is 11.6 Å². The van der Waals surface area contributed by atoms with Crippen molar-refractivity contribution in [2.75, 3.05) is 12.4 Å². The second-order valence-electron chi connectivity index (χ2n) is 6.55. The summed E-state index contributed by atoms with van der Waals surface area (Å²) in [5.41, 5.74) is 2.04. The van der Waals surface area contributed by atoms with Crippen molar-refractivity contribution in [2.24, 2.45) is 0 Å². The van der Waals surface area contributed by atoms with Crippen LogP contribution in [0.15, 0.2) is 60.0 Å². The lowest BCUT2D eigenvalue weighted by Crippen LogP contribution is -2.16. The fourth-order valence-corrected chi connectivity index (χ4v) is 3.79. The minimum Gasteiger partial charge on any atom is -0.497 e. The number of nitro benzene ring substituents is 1. The van der Waals surface area contributed by atoms with Gasteiger partial charge in [-0.3, -0.25) is 14.9 Å². The highest BCUT2D eigenvalue weighted by Crippen LogP contribution is 2.28. The van der Waals surface area contributed by atoms with Crippen molar-refractivity contribution in [3.63, 3.8) is 0 Å². The quantitative estimate of drug-likeness (QED) is 0.353. The van der Waals surface area contributed by atoms with Crippen LogP contribution in [0.1, 0.15) is 16.1 Å². The normalized spacial score (nSPS) is 10.6. The molecule has 2 heterocycles. The molecule has 1 N–H and O–H groups in total. The van der Waals surface area contributed by atoms with Gasteiger partial charge in [-0.2, -0.15) is 9.78 Å². The molecular weight excluding hydrogens is 418 g/mol. The first-order valence-electron chi connectivity index (χ1n) is 9.18. The number of ether oxygens (including phenoxy) is 1. The predicted molar refractivity (Wildman–Crippen MR) is 117 cm³/mol. The van der Waals surface area contributed by atoms with E-state index in [1.54, 1.807) is 26.2 Å². The third kappa shape index (κ3) is 4.14. The maximum Gasteiger partial charge on any atom is 0.282 e. The number of methoxy groups -OCH3 is 1. The zero-order valence-corrected chi connectivity index (χ0v) is 17.4. The lowest BCUT2D eigenvalue weighted by Gasteiger charge is -2.07. The van der Waals surface area contributed by atoms with E-state index in [2.05, 4.69) is 15.4 Å². The van der Waals surface area contributed by atoms with E-state index in [9.17, 15) is 14.9 Å². The zero-order chi connectivity index (χ0) is 22.0. The third-order valence-corrected chi connectivity index (χ3v) is 5.29. The van der Waals surface area contributed by atoms with Crippen LogP contribution in [0.2, 0.25) is 0 Å². The molecule has 31 heavy (non-hydrogen) atoms. The Hall–Kier alpha value is -4.05. The van der Waals surface area contributed by atoms with Gasteiger partial charge in [0.1, 0.15) is 17.1 Å². The van der Waals surface area contributed by atoms with Crippen LogP contribution in [-0.4, -0.2) is 32.7 Å². The monoisotopic (exact) mass is 435 g/mol. The fraction of sp³-hybridized carbons (Fsp3) is 0.0952. The van der Waals surface area contributed by atoms with Crippen LogP contribution in [0.5, 0.6) is 5.75 Å². The number of hydrogen-bond acceptors (Lipinski definition) is 7. The van der Waals surface area contributed by atoms with E-state index in [1.807, 2.05) is 29.6 Å². The van der Waals surface area contributed by atoms with Crippen LogP contribution >= 0.6 is 11.3 Å². The van der Waals surface area contributed by atoms with Gasteiger partial charge in [0.2, 0.25) is 5.13 Å². The minimum absolute atomic E-state index is 0.0315. The van der Waals surface area contributed by atoms with E-state index in [-0.39, 0.29) is 11.3 Å². The number of thiazole rings is 1. The molecule has 4 aromatic rings. The molecule has 0 atom stereocenters. The van der Waals surface area contributed by atoms with Gasteiger partial charge < -0.3 is 10.1 Å². The van der Waals surface area contributed by atoms with Crippen molar-refractivity contribution in [2.45, 2.75) is 6.92 Å². The first-order chi connectivity index (χ1) is 15.0. The standard InChI is InChI=1S/C21H17N5O4S/c1-13-11-19(23-20(27)16-5-3-4-6-18(16)26(28)29)25(24-13)21-22-17(12-31-21)14-7-9-15(30-2)10-8-14/h3-12H,1-2H3,(H,23,27). The largest absolute Gasteiger partial charge is 0.497 e. The number of nitro groups is 1. The first-order valence-corrected chi connectivity index (χ1v) is 10.1. The van der Waals surface area contributed by atoms with Gasteiger partial charge in [-0.1, -0.05) is 12.1 Å². The second-order valence-corrected chi connectivity index (χ2v) is 7.39. The van der Waals surface area contributed by atoms with Crippen molar-refractivity contribution in [1.29, 1.82) is 0 Å². The fourth-order valence-electron chi connectivity index (χ4n) is 3.00. The van der Waals surface area contributed by atoms with Crippen LogP contribution in [-0.2, 0) is 0 Å². The maximum absolute atomic E-state index is 12.7. The average Bonchev–Trinajstić information content (AvgIpc) is 3.40. The van der Waals surface area contributed by atoms with Gasteiger partial charge >= 0.3 is 0 Å². The summed E-state index contributed by atoms with van der Waals surface area (Å²) in [7, 11) is 1.61. The summed E-state index contributed by atoms with van der Waals surface area (Å²) in [6.45, 7) is 1.79. The molecule has 2 aromatic heterocycles. The van der Waals surface area contributed by atoms with Gasteiger partial charge in [-0.25, -0.2) is 4.98 Å². The number of carbonyl (C=O) groups excluding carboxylic acids is 1. The molecule has 0 saturated carbocycles. The number of anilines is 1. The number of aryl methyl sites for hydroxylation is 1. The Morgan fingerprint density at radius 1 is 1.19 bits per heavy atom. The first kappa shape index (κ1) is 20.2. The summed E-state index contributed by atoms with van der Waals surface area (Å²) in [5, 5.41) is 20.8. The van der Waals surface area contributed by atoms with Crippen molar-refractivity contribution in [3.8, 4) is 22.1 Å². The van der Waals surface area contributed by atoms with Crippen molar-refractivity contribution in [3.05, 3.63) is 81.3 Å². The Kier molecular flexibility index (Phi) is 5.46. The van der Waals surface area contributed by atoms with E-state index < -0.39 is 10.8 Å². The molecule has 0 aliphatic rings. The molecular formula is C21H17N5O4S. The molecule has 0 aliphatic heterocycles. The molecule has 2 aromatic carbocycles. The predicted octanol–water partition coefficient (Wildman–Crippen LogP) is 4.47. The van der Waals surface area contributed by atoms with Gasteiger partial charge in [0.05, 0.1) is 23.4 Å². The summed E-state index contributed by atoms with van der Waals surface area (Å²) in [5.74, 6) is 0.526. The number of aromatic nitrogens is 3. The Bertz CT molecular complexity index is 1260. The molecule has 0 spiro atoms. The summed E-state index contributed by atoms with van der Waals surface area (Å²) in [6.07, 6.45) is 0. The molecule has 9 nitrogen and oxygen atoms in total. The highest BCUT2D eigenvalue weighted by Gasteiger charge is 2.21. The Balaban J connectivity index is 1.63. The number of para-hydroxylation sites is 1. The molecule has 1 amide bonds. The van der Waals surface area contributed by atoms with E-state index in [0.29, 0.717) is 16.6 Å². The molecule has 0 radical (unpaired) electrons. The summed E-state index contributed by atoms with van der Waals surface area (Å²) < 4.78 is 6.69. The lowest BCUT2D eigenvalue weighted by molar-refractivity contribution is -0.385. The number of nitrogens with one attached hydrogen (secondary N) is 1. The number of rotatable bonds is 6. The SMILES string of the molecule is COc1ccc(-c2csc(-n3nc(C)cc3NC(=O)c3ccccc3[N+](=O)[O-])n2)cc1. The smallest absolute Gasteiger partial charge is 0.282 e. The summed E-state index contributed by atoms with van der Waals surface area (Å²) in [4.78, 5) is 28.0. The van der Waals surface area contributed by atoms with Gasteiger partial charge in [0, 0.05) is 23.1 Å². The van der Waals surface area contributed by atoms with Gasteiger partial charge in [-0.05, 0) is 37.3 Å². The van der Waals surface area contributed by atoms with Crippen molar-refractivity contribution >= 4 is 28.7 Å². The molecule has 0 saturated heterocycles. The zero-order valence-electron chi connectivity index (χ0n) is 16.6. The van der Waals surface area contributed by atoms with Crippen LogP contribution in [0.3, 0.4) is 0 Å². The summed E-state index contributed by atoms with van der Waals surface area (Å²) >= 11 is 1.36. The van der Waals surface area contributed by atoms with E-state index >= 15 is 0 Å². The molecule has 4 rings (SSSR count). The summed E-state index contributed by atoms with van der Waals surface area (Å²) in [6, 6.07) is 15.0. The lowest BCUT2D eigenvalue weighted by atomic mass is 10.1.